The zero-order chi connectivity index (χ0) is 37.4. The van der Waals surface area contributed by atoms with Crippen molar-refractivity contribution < 1.29 is 88.2 Å². The molecule has 14 atom stereocenters. The summed E-state index contributed by atoms with van der Waals surface area (Å²) in [6, 6.07) is 6.78. The minimum absolute atomic E-state index is 0.0541. The Morgan fingerprint density at radius 1 is 0.519 bits per heavy atom. The van der Waals surface area contributed by atoms with Crippen molar-refractivity contribution in [1.29, 1.82) is 0 Å². The molecule has 4 aliphatic rings. The van der Waals surface area contributed by atoms with Gasteiger partial charge in [-0.05, 0) is 35.4 Å². The summed E-state index contributed by atoms with van der Waals surface area (Å²) in [5, 5.41) is 81.0. The first kappa shape index (κ1) is 38.5. The molecule has 0 bridgehead atoms. The normalized spacial score (nSPS) is 37.3. The Morgan fingerprint density at radius 2 is 0.846 bits per heavy atom. The van der Waals surface area contributed by atoms with Crippen molar-refractivity contribution in [2.24, 2.45) is 11.8 Å². The van der Waals surface area contributed by atoms with Crippen LogP contribution in [0.15, 0.2) is 24.3 Å². The number of hydrogen-bond donors (Lipinski definition) is 8. The summed E-state index contributed by atoms with van der Waals surface area (Å²) >= 11 is 0. The molecule has 290 valence electrons. The predicted molar refractivity (Wildman–Crippen MR) is 172 cm³/mol. The molecule has 0 aliphatic carbocycles. The summed E-state index contributed by atoms with van der Waals surface area (Å²) in [5.41, 5.74) is 1.37. The van der Waals surface area contributed by atoms with Crippen molar-refractivity contribution in [3.63, 3.8) is 0 Å². The van der Waals surface area contributed by atoms with Gasteiger partial charge in [-0.15, -0.1) is 0 Å². The SMILES string of the molecule is COc1cc([C@@H]2OC[C@@H]3[C@@H]2CO[C@H]3c2cc(OC)c(O[C@H]3O[C@H](CO)[C@@H](O)[C@H](O)[C@H]3O)c(OC)c2)cc(OC)c1O[C@@H]1O[C@@H](CO)[C@H](O)[C@@H](O)[C@@H]1O. The second-order valence-electron chi connectivity index (χ2n) is 13.0. The van der Waals surface area contributed by atoms with E-state index < -0.39 is 86.8 Å². The molecule has 0 saturated carbocycles. The predicted octanol–water partition coefficient (Wildman–Crippen LogP) is -1.85. The van der Waals surface area contributed by atoms with Gasteiger partial charge in [-0.1, -0.05) is 0 Å². The Morgan fingerprint density at radius 3 is 1.13 bits per heavy atom. The molecule has 4 aliphatic heterocycles. The third-order valence-corrected chi connectivity index (χ3v) is 10.1. The van der Waals surface area contributed by atoms with E-state index in [1.54, 1.807) is 24.3 Å². The van der Waals surface area contributed by atoms with Gasteiger partial charge in [-0.3, -0.25) is 0 Å². The van der Waals surface area contributed by atoms with Crippen molar-refractivity contribution in [3.05, 3.63) is 35.4 Å². The quantitative estimate of drug-likeness (QED) is 0.119. The van der Waals surface area contributed by atoms with E-state index in [9.17, 15) is 40.9 Å². The molecule has 18 nitrogen and oxygen atoms in total. The third kappa shape index (κ3) is 6.94. The van der Waals surface area contributed by atoms with E-state index >= 15 is 0 Å². The number of rotatable bonds is 12. The van der Waals surface area contributed by atoms with Gasteiger partial charge >= 0.3 is 0 Å². The van der Waals surface area contributed by atoms with Crippen LogP contribution >= 0.6 is 0 Å². The van der Waals surface area contributed by atoms with Gasteiger partial charge in [0.25, 0.3) is 0 Å². The van der Waals surface area contributed by atoms with Gasteiger partial charge < -0.3 is 88.2 Å². The van der Waals surface area contributed by atoms with Crippen LogP contribution in [0.5, 0.6) is 34.5 Å². The van der Waals surface area contributed by atoms with Gasteiger partial charge in [0.2, 0.25) is 24.1 Å². The lowest BCUT2D eigenvalue weighted by molar-refractivity contribution is -0.277. The van der Waals surface area contributed by atoms with Crippen LogP contribution in [0.3, 0.4) is 0 Å². The number of benzene rings is 2. The molecule has 0 unspecified atom stereocenters. The topological polar surface area (TPSA) is 254 Å². The monoisotopic (exact) mass is 742 g/mol. The summed E-state index contributed by atoms with van der Waals surface area (Å²) < 4.78 is 58.0. The third-order valence-electron chi connectivity index (χ3n) is 10.1. The van der Waals surface area contributed by atoms with E-state index in [0.29, 0.717) is 24.3 Å². The molecular weight excluding hydrogens is 696 g/mol. The highest BCUT2D eigenvalue weighted by molar-refractivity contribution is 5.56. The lowest BCUT2D eigenvalue weighted by Gasteiger charge is -2.39. The maximum absolute atomic E-state index is 10.5. The second kappa shape index (κ2) is 16.0. The van der Waals surface area contributed by atoms with Gasteiger partial charge in [-0.25, -0.2) is 0 Å². The van der Waals surface area contributed by atoms with Crippen LogP contribution in [-0.2, 0) is 18.9 Å². The Labute approximate surface area is 298 Å². The molecule has 6 rings (SSSR count). The Hall–Kier alpha value is -3.24. The number of ether oxygens (including phenoxy) is 10. The van der Waals surface area contributed by atoms with Gasteiger partial charge in [0, 0.05) is 11.8 Å². The van der Waals surface area contributed by atoms with Crippen molar-refractivity contribution in [1.82, 2.24) is 0 Å². The Kier molecular flexibility index (Phi) is 11.8. The molecular formula is C34H46O18. The maximum Gasteiger partial charge on any atom is 0.229 e. The zero-order valence-corrected chi connectivity index (χ0v) is 28.9. The fourth-order valence-electron chi connectivity index (χ4n) is 7.16. The van der Waals surface area contributed by atoms with E-state index in [0.717, 1.165) is 0 Å². The van der Waals surface area contributed by atoms with Gasteiger partial charge in [0.1, 0.15) is 48.8 Å². The molecule has 0 radical (unpaired) electrons. The van der Waals surface area contributed by atoms with Gasteiger partial charge in [-0.2, -0.15) is 0 Å². The van der Waals surface area contributed by atoms with Crippen LogP contribution in [0.2, 0.25) is 0 Å². The maximum atomic E-state index is 10.5. The van der Waals surface area contributed by atoms with Crippen molar-refractivity contribution in [2.45, 2.75) is 73.6 Å². The van der Waals surface area contributed by atoms with Crippen molar-refractivity contribution >= 4 is 0 Å². The van der Waals surface area contributed by atoms with Gasteiger partial charge in [0.15, 0.2) is 23.0 Å². The van der Waals surface area contributed by atoms with Crippen LogP contribution in [0.25, 0.3) is 0 Å². The average Bonchev–Trinajstić information content (AvgIpc) is 3.78. The second-order valence-corrected chi connectivity index (χ2v) is 13.0. The molecule has 18 heteroatoms. The van der Waals surface area contributed by atoms with Gasteiger partial charge in [0.05, 0.1) is 67.1 Å². The van der Waals surface area contributed by atoms with E-state index in [1.165, 1.54) is 28.4 Å². The van der Waals surface area contributed by atoms with E-state index in [4.69, 9.17) is 47.4 Å². The molecule has 0 amide bonds. The molecule has 4 fully saturated rings. The summed E-state index contributed by atoms with van der Waals surface area (Å²) in [6.45, 7) is -0.604. The number of fused-ring (bicyclic) bond motifs is 1. The lowest BCUT2D eigenvalue weighted by Crippen LogP contribution is -2.60. The van der Waals surface area contributed by atoms with Crippen molar-refractivity contribution in [2.75, 3.05) is 54.9 Å². The molecule has 2 aromatic rings. The highest BCUT2D eigenvalue weighted by Crippen LogP contribution is 2.54. The molecule has 0 spiro atoms. The molecule has 0 aromatic heterocycles. The van der Waals surface area contributed by atoms with E-state index in [-0.39, 0.29) is 46.3 Å². The van der Waals surface area contributed by atoms with E-state index in [1.807, 2.05) is 0 Å². The fraction of sp³-hybridized carbons (Fsp3) is 0.647. The van der Waals surface area contributed by atoms with E-state index in [2.05, 4.69) is 0 Å². The molecule has 4 saturated heterocycles. The van der Waals surface area contributed by atoms with Crippen LogP contribution in [0.4, 0.5) is 0 Å². The minimum Gasteiger partial charge on any atom is -0.493 e. The number of hydrogen-bond acceptors (Lipinski definition) is 18. The highest BCUT2D eigenvalue weighted by Gasteiger charge is 2.50. The average molecular weight is 743 g/mol. The summed E-state index contributed by atoms with van der Waals surface area (Å²) in [5.74, 6) is 0.683. The van der Waals surface area contributed by atoms with Crippen molar-refractivity contribution in [3.8, 4) is 34.5 Å². The first-order chi connectivity index (χ1) is 25.0. The fourth-order valence-corrected chi connectivity index (χ4v) is 7.16. The summed E-state index contributed by atoms with van der Waals surface area (Å²) in [7, 11) is 5.66. The molecule has 2 aromatic carbocycles. The Bertz CT molecular complexity index is 1360. The molecule has 8 N–H and O–H groups in total. The summed E-state index contributed by atoms with van der Waals surface area (Å²) in [6.07, 6.45) is -15.9. The molecule has 52 heavy (non-hydrogen) atoms. The first-order valence-electron chi connectivity index (χ1n) is 16.7. The standard InChI is InChI=1S/C34H46O18/c1-43-17-5-13(6-18(44-2)31(17)51-33-27(41)25(39)23(37)21(9-35)49-33)29-15-11-48-30(16(15)12-47-29)14-7-19(45-3)32(20(8-14)46-4)52-34-28(42)26(40)24(38)22(10-36)50-34/h5-8,15-16,21-30,33-42H,9-12H2,1-4H3/t15-,16+,21-,22+,23-,24+,25+,26-,27-,28+,29-,30-,33-,34+/m0/s1. The highest BCUT2D eigenvalue weighted by atomic mass is 16.7. The number of aliphatic hydroxyl groups excluding tert-OH is 8. The summed E-state index contributed by atoms with van der Waals surface area (Å²) in [4.78, 5) is 0. The van der Waals surface area contributed by atoms with Crippen LogP contribution in [-0.4, -0.2) is 157 Å². The van der Waals surface area contributed by atoms with Crippen LogP contribution in [0.1, 0.15) is 23.3 Å². The number of aliphatic hydroxyl groups is 8. The lowest BCUT2D eigenvalue weighted by atomic mass is 9.84. The van der Waals surface area contributed by atoms with Crippen LogP contribution in [0, 0.1) is 11.8 Å². The first-order valence-corrected chi connectivity index (χ1v) is 16.7. The number of methoxy groups -OCH3 is 4. The largest absolute Gasteiger partial charge is 0.493 e. The Balaban J connectivity index is 1.22. The zero-order valence-electron chi connectivity index (χ0n) is 28.9. The van der Waals surface area contributed by atoms with Crippen LogP contribution < -0.4 is 28.4 Å². The minimum atomic E-state index is -1.65. The smallest absolute Gasteiger partial charge is 0.229 e. The molecule has 4 heterocycles.